The average Bonchev–Trinajstić information content (AvgIpc) is 2.73. The lowest BCUT2D eigenvalue weighted by atomic mass is 9.98. The van der Waals surface area contributed by atoms with Crippen LogP contribution < -0.4 is 4.90 Å². The molecule has 1 aromatic rings. The van der Waals surface area contributed by atoms with Gasteiger partial charge in [-0.25, -0.2) is 4.58 Å². The van der Waals surface area contributed by atoms with Gasteiger partial charge in [0.1, 0.15) is 25.6 Å². The molecule has 0 saturated carbocycles. The van der Waals surface area contributed by atoms with Gasteiger partial charge in [0.25, 0.3) is 0 Å². The van der Waals surface area contributed by atoms with Crippen molar-refractivity contribution in [1.82, 2.24) is 0 Å². The first kappa shape index (κ1) is 21.4. The van der Waals surface area contributed by atoms with E-state index in [9.17, 15) is 4.79 Å². The van der Waals surface area contributed by atoms with Crippen LogP contribution in [0.2, 0.25) is 0 Å². The van der Waals surface area contributed by atoms with E-state index in [0.29, 0.717) is 12.8 Å². The molecule has 1 heterocycles. The maximum Gasteiger partial charge on any atom is 0.303 e. The molecule has 3 rings (SSSR count). The van der Waals surface area contributed by atoms with Crippen LogP contribution in [0.4, 0.5) is 5.69 Å². The van der Waals surface area contributed by atoms with Gasteiger partial charge < -0.3 is 14.7 Å². The van der Waals surface area contributed by atoms with Crippen molar-refractivity contribution in [3.8, 4) is 0 Å². The van der Waals surface area contributed by atoms with Gasteiger partial charge in [-0.1, -0.05) is 12.1 Å². The number of benzene rings is 1. The molecular formula is C25H29N2O3+. The van der Waals surface area contributed by atoms with Crippen LogP contribution in [0.3, 0.4) is 0 Å². The molecule has 0 bridgehead atoms. The monoisotopic (exact) mass is 405 g/mol. The topological polar surface area (TPSA) is 52.8 Å². The zero-order chi connectivity index (χ0) is 21.7. The van der Waals surface area contributed by atoms with Crippen molar-refractivity contribution in [1.29, 1.82) is 0 Å². The van der Waals surface area contributed by atoms with Gasteiger partial charge in [-0.05, 0) is 54.0 Å². The number of hydrogen-bond acceptors (Lipinski definition) is 3. The highest BCUT2D eigenvalue weighted by molar-refractivity contribution is 6.02. The quantitative estimate of drug-likeness (QED) is 0.713. The molecule has 0 saturated heterocycles. The van der Waals surface area contributed by atoms with E-state index >= 15 is 0 Å². The predicted octanol–water partition coefficient (Wildman–Crippen LogP) is 4.40. The van der Waals surface area contributed by atoms with Crippen LogP contribution in [-0.2, 0) is 9.53 Å². The number of aliphatic carboxylic acids is 1. The summed E-state index contributed by atoms with van der Waals surface area (Å²) in [7, 11) is 8.06. The normalized spacial score (nSPS) is 15.5. The molecule has 2 aliphatic rings. The molecule has 5 nitrogen and oxygen atoms in total. The fraction of sp³-hybridized carbons (Fsp3) is 0.280. The van der Waals surface area contributed by atoms with E-state index in [0.717, 1.165) is 39.6 Å². The minimum Gasteiger partial charge on any atom is -0.481 e. The second-order valence-electron chi connectivity index (χ2n) is 7.81. The minimum atomic E-state index is -0.787. The van der Waals surface area contributed by atoms with Crippen molar-refractivity contribution in [2.45, 2.75) is 19.3 Å². The van der Waals surface area contributed by atoms with Crippen molar-refractivity contribution in [3.63, 3.8) is 0 Å². The number of anilines is 1. The molecule has 1 aliphatic heterocycles. The van der Waals surface area contributed by atoms with E-state index in [1.165, 1.54) is 0 Å². The lowest BCUT2D eigenvalue weighted by Gasteiger charge is -2.20. The summed E-state index contributed by atoms with van der Waals surface area (Å²) in [5.41, 5.74) is 5.41. The number of allylic oxidation sites excluding steroid dienone is 9. The van der Waals surface area contributed by atoms with Gasteiger partial charge in [0.2, 0.25) is 0 Å². The molecule has 1 aromatic carbocycles. The third-order valence-corrected chi connectivity index (χ3v) is 5.04. The van der Waals surface area contributed by atoms with E-state index in [1.54, 1.807) is 0 Å². The predicted molar refractivity (Wildman–Crippen MR) is 122 cm³/mol. The van der Waals surface area contributed by atoms with Gasteiger partial charge in [0.05, 0.1) is 0 Å². The second kappa shape index (κ2) is 9.44. The summed E-state index contributed by atoms with van der Waals surface area (Å²) in [6.45, 7) is 0. The molecule has 156 valence electrons. The van der Waals surface area contributed by atoms with E-state index in [2.05, 4.69) is 52.0 Å². The number of carbonyl (C=O) groups is 1. The summed E-state index contributed by atoms with van der Waals surface area (Å²) in [5.74, 6) is 0.780. The summed E-state index contributed by atoms with van der Waals surface area (Å²) in [5, 5.41) is 8.96. The van der Waals surface area contributed by atoms with Gasteiger partial charge in [-0.3, -0.25) is 4.79 Å². The zero-order valence-electron chi connectivity index (χ0n) is 18.1. The van der Waals surface area contributed by atoms with E-state index in [-0.39, 0.29) is 6.42 Å². The summed E-state index contributed by atoms with van der Waals surface area (Å²) < 4.78 is 8.21. The van der Waals surface area contributed by atoms with Gasteiger partial charge in [0, 0.05) is 50.3 Å². The number of hydrogen-bond donors (Lipinski definition) is 1. The Bertz CT molecular complexity index is 981. The Morgan fingerprint density at radius 1 is 1.03 bits per heavy atom. The molecule has 5 heteroatoms. The molecule has 1 N–H and O–H groups in total. The fourth-order valence-corrected chi connectivity index (χ4v) is 3.28. The Morgan fingerprint density at radius 3 is 2.27 bits per heavy atom. The Hall–Kier alpha value is -3.34. The lowest BCUT2D eigenvalue weighted by molar-refractivity contribution is -0.462. The third-order valence-electron chi connectivity index (χ3n) is 5.04. The standard InChI is InChI=1S/C25H28N2O3/c1-26(2)21-12-8-18(9-13-21)20-16-23(6-5-7-25(28)29)30-24(17-20)19-10-14-22(15-11-19)27(3)4/h8-17H,5-7H2,1-4H3/p+1. The Morgan fingerprint density at radius 2 is 1.70 bits per heavy atom. The Kier molecular flexibility index (Phi) is 6.72. The van der Waals surface area contributed by atoms with Crippen molar-refractivity contribution < 1.29 is 19.2 Å². The first-order valence-electron chi connectivity index (χ1n) is 10.1. The Labute approximate surface area is 178 Å². The summed E-state index contributed by atoms with van der Waals surface area (Å²) in [6, 6.07) is 8.39. The van der Waals surface area contributed by atoms with Gasteiger partial charge >= 0.3 is 5.97 Å². The average molecular weight is 406 g/mol. The molecule has 0 spiro atoms. The summed E-state index contributed by atoms with van der Waals surface area (Å²) in [6.07, 6.45) is 13.5. The Balaban J connectivity index is 1.94. The van der Waals surface area contributed by atoms with Crippen LogP contribution in [0.25, 0.3) is 5.57 Å². The van der Waals surface area contributed by atoms with Crippen molar-refractivity contribution >= 4 is 22.9 Å². The molecule has 30 heavy (non-hydrogen) atoms. The second-order valence-corrected chi connectivity index (χ2v) is 7.81. The molecule has 0 aromatic heterocycles. The van der Waals surface area contributed by atoms with E-state index in [1.807, 2.05) is 46.4 Å². The highest BCUT2D eigenvalue weighted by atomic mass is 16.5. The zero-order valence-corrected chi connectivity index (χ0v) is 18.1. The van der Waals surface area contributed by atoms with Crippen molar-refractivity contribution in [2.75, 3.05) is 33.1 Å². The number of carboxylic acid groups (broad SMARTS) is 1. The van der Waals surface area contributed by atoms with Crippen LogP contribution in [-0.4, -0.2) is 49.6 Å². The molecule has 0 unspecified atom stereocenters. The SMILES string of the molecule is CN(C)c1ccc(C2=CC(=C3C=CC(=[N+](C)C)C=C3)OC(CCCC(=O)O)=C2)cc1. The third kappa shape index (κ3) is 5.38. The van der Waals surface area contributed by atoms with Crippen LogP contribution >= 0.6 is 0 Å². The smallest absolute Gasteiger partial charge is 0.303 e. The first-order chi connectivity index (χ1) is 14.3. The largest absolute Gasteiger partial charge is 0.481 e. The highest BCUT2D eigenvalue weighted by Crippen LogP contribution is 2.32. The maximum absolute atomic E-state index is 10.9. The molecule has 0 amide bonds. The first-order valence-corrected chi connectivity index (χ1v) is 10.1. The molecule has 1 aliphatic carbocycles. The molecule has 0 radical (unpaired) electrons. The van der Waals surface area contributed by atoms with Crippen molar-refractivity contribution in [3.05, 3.63) is 83.4 Å². The summed E-state index contributed by atoms with van der Waals surface area (Å²) >= 11 is 0. The van der Waals surface area contributed by atoms with Crippen LogP contribution in [0.5, 0.6) is 0 Å². The minimum absolute atomic E-state index is 0.129. The highest BCUT2D eigenvalue weighted by Gasteiger charge is 2.17. The number of nitrogens with zero attached hydrogens (tertiary/aromatic N) is 2. The maximum atomic E-state index is 10.9. The van der Waals surface area contributed by atoms with Gasteiger partial charge in [-0.15, -0.1) is 0 Å². The lowest BCUT2D eigenvalue weighted by Crippen LogP contribution is -2.10. The van der Waals surface area contributed by atoms with Gasteiger partial charge in [-0.2, -0.15) is 0 Å². The molecule has 0 fully saturated rings. The van der Waals surface area contributed by atoms with Gasteiger partial charge in [0.15, 0.2) is 5.71 Å². The number of rotatable bonds is 6. The van der Waals surface area contributed by atoms with E-state index < -0.39 is 5.97 Å². The van der Waals surface area contributed by atoms with Crippen LogP contribution in [0.1, 0.15) is 24.8 Å². The summed E-state index contributed by atoms with van der Waals surface area (Å²) in [4.78, 5) is 13.0. The number of carboxylic acids is 1. The van der Waals surface area contributed by atoms with Crippen LogP contribution in [0.15, 0.2) is 77.8 Å². The van der Waals surface area contributed by atoms with Crippen molar-refractivity contribution in [2.24, 2.45) is 0 Å². The van der Waals surface area contributed by atoms with Crippen LogP contribution in [0, 0.1) is 0 Å². The fourth-order valence-electron chi connectivity index (χ4n) is 3.28. The number of ether oxygens (including phenoxy) is 1. The molecular weight excluding hydrogens is 376 g/mol. The molecule has 0 atom stereocenters. The van der Waals surface area contributed by atoms with E-state index in [4.69, 9.17) is 9.84 Å².